The molecule has 2 aliphatic rings. The highest BCUT2D eigenvalue weighted by Crippen LogP contribution is 2.37. The van der Waals surface area contributed by atoms with Crippen LogP contribution in [0.15, 0.2) is 18.2 Å². The van der Waals surface area contributed by atoms with Crippen molar-refractivity contribution in [2.75, 3.05) is 37.6 Å². The van der Waals surface area contributed by atoms with Crippen molar-refractivity contribution < 1.29 is 9.59 Å². The summed E-state index contributed by atoms with van der Waals surface area (Å²) in [6, 6.07) is 6.39. The number of anilines is 1. The van der Waals surface area contributed by atoms with Crippen LogP contribution in [0.4, 0.5) is 5.69 Å². The molecule has 2 fully saturated rings. The van der Waals surface area contributed by atoms with Gasteiger partial charge in [0.2, 0.25) is 11.8 Å². The van der Waals surface area contributed by atoms with Gasteiger partial charge >= 0.3 is 0 Å². The predicted molar refractivity (Wildman–Crippen MR) is 99.6 cm³/mol. The van der Waals surface area contributed by atoms with E-state index >= 15 is 0 Å². The quantitative estimate of drug-likeness (QED) is 0.891. The molecule has 0 aromatic heterocycles. The molecule has 3 rings (SSSR count). The van der Waals surface area contributed by atoms with Crippen molar-refractivity contribution in [3.8, 4) is 0 Å². The van der Waals surface area contributed by atoms with Gasteiger partial charge < -0.3 is 15.1 Å². The molecule has 5 nitrogen and oxygen atoms in total. The normalized spacial score (nSPS) is 22.7. The monoisotopic (exact) mass is 343 g/mol. The molecule has 1 saturated carbocycles. The number of nitrogens with zero attached hydrogens (tertiary/aromatic N) is 2. The summed E-state index contributed by atoms with van der Waals surface area (Å²) in [5.74, 6) is 0.940. The number of hydrogen-bond acceptors (Lipinski definition) is 3. The molecule has 5 heteroatoms. The van der Waals surface area contributed by atoms with Crippen molar-refractivity contribution in [2.24, 2.45) is 11.8 Å². The van der Waals surface area contributed by atoms with Gasteiger partial charge in [-0.3, -0.25) is 9.59 Å². The fourth-order valence-corrected chi connectivity index (χ4v) is 3.54. The first-order chi connectivity index (χ1) is 12.0. The third-order valence-electron chi connectivity index (χ3n) is 5.63. The second kappa shape index (κ2) is 7.46. The Morgan fingerprint density at radius 3 is 2.48 bits per heavy atom. The van der Waals surface area contributed by atoms with Gasteiger partial charge in [-0.2, -0.15) is 0 Å². The van der Waals surface area contributed by atoms with Crippen LogP contribution >= 0.6 is 0 Å². The van der Waals surface area contributed by atoms with Crippen molar-refractivity contribution in [3.05, 3.63) is 29.3 Å². The molecule has 2 amide bonds. The van der Waals surface area contributed by atoms with Gasteiger partial charge in [0, 0.05) is 50.7 Å². The first kappa shape index (κ1) is 17.8. The molecule has 1 heterocycles. The first-order valence-electron chi connectivity index (χ1n) is 9.34. The number of piperazine rings is 1. The molecule has 25 heavy (non-hydrogen) atoms. The Morgan fingerprint density at radius 2 is 1.84 bits per heavy atom. The van der Waals surface area contributed by atoms with Crippen LogP contribution < -0.4 is 10.2 Å². The lowest BCUT2D eigenvalue weighted by molar-refractivity contribution is -0.131. The molecule has 2 atom stereocenters. The van der Waals surface area contributed by atoms with Gasteiger partial charge in [-0.15, -0.1) is 0 Å². The van der Waals surface area contributed by atoms with Crippen LogP contribution in [0.1, 0.15) is 30.9 Å². The summed E-state index contributed by atoms with van der Waals surface area (Å²) >= 11 is 0. The maximum Gasteiger partial charge on any atom is 0.224 e. The number of rotatable bonds is 5. The molecule has 136 valence electrons. The van der Waals surface area contributed by atoms with Gasteiger partial charge in [0.1, 0.15) is 0 Å². The second-order valence-electron chi connectivity index (χ2n) is 7.45. The molecule has 0 unspecified atom stereocenters. The maximum atomic E-state index is 12.3. The SMILES string of the molecule is Cc1cccc(N2CCN(C(=O)CCNC(=O)[C@@H]3C[C@H]3C)CC2)c1C. The molecular weight excluding hydrogens is 314 g/mol. The van der Waals surface area contributed by atoms with Crippen LogP contribution in [-0.4, -0.2) is 49.4 Å². The number of amides is 2. The minimum Gasteiger partial charge on any atom is -0.368 e. The fraction of sp³-hybridized carbons (Fsp3) is 0.600. The molecule has 1 aromatic rings. The number of aryl methyl sites for hydroxylation is 1. The van der Waals surface area contributed by atoms with Gasteiger partial charge in [0.25, 0.3) is 0 Å². The van der Waals surface area contributed by atoms with Gasteiger partial charge in [-0.25, -0.2) is 0 Å². The summed E-state index contributed by atoms with van der Waals surface area (Å²) < 4.78 is 0. The maximum absolute atomic E-state index is 12.3. The summed E-state index contributed by atoms with van der Waals surface area (Å²) in [6.45, 7) is 10.1. The lowest BCUT2D eigenvalue weighted by Crippen LogP contribution is -2.49. The zero-order valence-electron chi connectivity index (χ0n) is 15.5. The molecule has 0 radical (unpaired) electrons. The van der Waals surface area contributed by atoms with Crippen molar-refractivity contribution in [2.45, 2.75) is 33.6 Å². The van der Waals surface area contributed by atoms with E-state index in [1.54, 1.807) is 0 Å². The zero-order valence-corrected chi connectivity index (χ0v) is 15.5. The standard InChI is InChI=1S/C20H29N3O2/c1-14-5-4-6-18(16(14)3)22-9-11-23(12-10-22)19(24)7-8-21-20(25)17-13-15(17)2/h4-6,15,17H,7-13H2,1-3H3,(H,21,25)/t15-,17-/m1/s1. The van der Waals surface area contributed by atoms with Crippen molar-refractivity contribution in [1.29, 1.82) is 0 Å². The molecule has 1 aromatic carbocycles. The second-order valence-corrected chi connectivity index (χ2v) is 7.45. The predicted octanol–water partition coefficient (Wildman–Crippen LogP) is 2.11. The van der Waals surface area contributed by atoms with Gasteiger partial charge in [0.15, 0.2) is 0 Å². The van der Waals surface area contributed by atoms with E-state index in [0.717, 1.165) is 32.6 Å². The van der Waals surface area contributed by atoms with E-state index in [2.05, 4.69) is 49.2 Å². The van der Waals surface area contributed by atoms with Gasteiger partial charge in [0.05, 0.1) is 0 Å². The number of benzene rings is 1. The first-order valence-corrected chi connectivity index (χ1v) is 9.34. The van der Waals surface area contributed by atoms with E-state index in [1.165, 1.54) is 16.8 Å². The van der Waals surface area contributed by atoms with E-state index in [1.807, 2.05) is 4.90 Å². The average Bonchev–Trinajstić information content (AvgIpc) is 3.34. The minimum absolute atomic E-state index is 0.111. The number of hydrogen-bond donors (Lipinski definition) is 1. The Labute approximate surface area is 150 Å². The molecule has 1 aliphatic carbocycles. The zero-order chi connectivity index (χ0) is 18.0. The van der Waals surface area contributed by atoms with Crippen LogP contribution in [0.25, 0.3) is 0 Å². The topological polar surface area (TPSA) is 52.6 Å². The summed E-state index contributed by atoms with van der Waals surface area (Å²) in [5.41, 5.74) is 3.90. The van der Waals surface area contributed by atoms with E-state index in [0.29, 0.717) is 18.9 Å². The number of nitrogens with one attached hydrogen (secondary N) is 1. The molecule has 1 N–H and O–H groups in total. The third kappa shape index (κ3) is 4.14. The van der Waals surface area contributed by atoms with Crippen LogP contribution in [0.3, 0.4) is 0 Å². The lowest BCUT2D eigenvalue weighted by Gasteiger charge is -2.37. The largest absolute Gasteiger partial charge is 0.368 e. The number of carbonyl (C=O) groups excluding carboxylic acids is 2. The highest BCUT2D eigenvalue weighted by Gasteiger charge is 2.38. The fourth-order valence-electron chi connectivity index (χ4n) is 3.54. The third-order valence-corrected chi connectivity index (χ3v) is 5.63. The van der Waals surface area contributed by atoms with E-state index < -0.39 is 0 Å². The Morgan fingerprint density at radius 1 is 1.16 bits per heavy atom. The van der Waals surface area contributed by atoms with Crippen molar-refractivity contribution in [3.63, 3.8) is 0 Å². The Kier molecular flexibility index (Phi) is 5.30. The molecule has 1 aliphatic heterocycles. The van der Waals surface area contributed by atoms with Crippen molar-refractivity contribution >= 4 is 17.5 Å². The summed E-state index contributed by atoms with van der Waals surface area (Å²) in [5, 5.41) is 2.90. The highest BCUT2D eigenvalue weighted by molar-refractivity contribution is 5.82. The summed E-state index contributed by atoms with van der Waals surface area (Å²) in [7, 11) is 0. The average molecular weight is 343 g/mol. The van der Waals surface area contributed by atoms with Crippen molar-refractivity contribution in [1.82, 2.24) is 10.2 Å². The van der Waals surface area contributed by atoms with E-state index in [9.17, 15) is 9.59 Å². The Hall–Kier alpha value is -2.04. The van der Waals surface area contributed by atoms with Crippen LogP contribution in [0.2, 0.25) is 0 Å². The van der Waals surface area contributed by atoms with Crippen LogP contribution in [0, 0.1) is 25.7 Å². The van der Waals surface area contributed by atoms with E-state index in [-0.39, 0.29) is 17.7 Å². The molecular formula is C20H29N3O2. The molecule has 1 saturated heterocycles. The van der Waals surface area contributed by atoms with Crippen LogP contribution in [0.5, 0.6) is 0 Å². The smallest absolute Gasteiger partial charge is 0.224 e. The lowest BCUT2D eigenvalue weighted by atomic mass is 10.1. The Balaban J connectivity index is 1.43. The number of carbonyl (C=O) groups is 2. The highest BCUT2D eigenvalue weighted by atomic mass is 16.2. The van der Waals surface area contributed by atoms with Gasteiger partial charge in [-0.05, 0) is 43.4 Å². The minimum atomic E-state index is 0.111. The Bertz CT molecular complexity index is 650. The molecule has 0 spiro atoms. The van der Waals surface area contributed by atoms with E-state index in [4.69, 9.17) is 0 Å². The summed E-state index contributed by atoms with van der Waals surface area (Å²) in [6.07, 6.45) is 1.39. The van der Waals surface area contributed by atoms with Gasteiger partial charge in [-0.1, -0.05) is 19.1 Å². The van der Waals surface area contributed by atoms with Crippen LogP contribution in [-0.2, 0) is 9.59 Å². The molecule has 0 bridgehead atoms. The summed E-state index contributed by atoms with van der Waals surface area (Å²) in [4.78, 5) is 28.4.